The predicted octanol–water partition coefficient (Wildman–Crippen LogP) is 5.22. The van der Waals surface area contributed by atoms with Crippen LogP contribution in [0.15, 0.2) is 77.7 Å². The number of carbonyl (C=O) groups is 1. The summed E-state index contributed by atoms with van der Waals surface area (Å²) in [6, 6.07) is 17.6. The quantitative estimate of drug-likeness (QED) is 0.475. The average molecular weight is 487 g/mol. The van der Waals surface area contributed by atoms with E-state index in [4.69, 9.17) is 4.74 Å². The normalized spacial score (nSPS) is 20.9. The van der Waals surface area contributed by atoms with E-state index in [1.165, 1.54) is 34.6 Å². The highest BCUT2D eigenvalue weighted by Crippen LogP contribution is 2.44. The number of nitrogens with zero attached hydrogens (tertiary/aromatic N) is 1. The molecule has 1 fully saturated rings. The highest BCUT2D eigenvalue weighted by Gasteiger charge is 2.50. The van der Waals surface area contributed by atoms with Crippen molar-refractivity contribution in [3.63, 3.8) is 0 Å². The summed E-state index contributed by atoms with van der Waals surface area (Å²) in [5, 5.41) is 0. The Morgan fingerprint density at radius 3 is 2.38 bits per heavy atom. The number of rotatable bonds is 3. The first-order valence-electron chi connectivity index (χ1n) is 10.7. The van der Waals surface area contributed by atoms with Crippen LogP contribution in [0.2, 0.25) is 0 Å². The van der Waals surface area contributed by atoms with Crippen molar-refractivity contribution in [3.05, 3.63) is 89.5 Å². The van der Waals surface area contributed by atoms with Crippen LogP contribution in [0.25, 0.3) is 11.1 Å². The van der Waals surface area contributed by atoms with Gasteiger partial charge in [0.15, 0.2) is 5.60 Å². The van der Waals surface area contributed by atoms with Crippen LogP contribution in [0.4, 0.5) is 13.2 Å². The number of alkyl halides is 3. The van der Waals surface area contributed by atoms with Gasteiger partial charge >= 0.3 is 12.1 Å². The third kappa shape index (κ3) is 3.78. The SMILES string of the molecule is O=C1OC2(CCCN(S(=O)(=O)c3ccc(-c4cccc(C(F)(F)F)c4)cc3)C2)c2ccccc21. The van der Waals surface area contributed by atoms with Crippen molar-refractivity contribution in [2.75, 3.05) is 13.1 Å². The highest BCUT2D eigenvalue weighted by atomic mass is 32.2. The van der Waals surface area contributed by atoms with Crippen LogP contribution in [-0.2, 0) is 26.5 Å². The molecule has 1 spiro atoms. The Bertz CT molecular complexity index is 1370. The number of benzene rings is 3. The van der Waals surface area contributed by atoms with Gasteiger partial charge in [0, 0.05) is 12.1 Å². The van der Waals surface area contributed by atoms with E-state index in [1.807, 2.05) is 0 Å². The zero-order valence-corrected chi connectivity index (χ0v) is 18.7. The molecule has 2 aliphatic heterocycles. The van der Waals surface area contributed by atoms with Crippen molar-refractivity contribution in [1.82, 2.24) is 4.31 Å². The van der Waals surface area contributed by atoms with Gasteiger partial charge in [-0.25, -0.2) is 13.2 Å². The fourth-order valence-electron chi connectivity index (χ4n) is 4.68. The van der Waals surface area contributed by atoms with Gasteiger partial charge in [0.05, 0.1) is 22.6 Å². The molecule has 0 saturated carbocycles. The van der Waals surface area contributed by atoms with E-state index in [1.54, 1.807) is 30.3 Å². The molecule has 0 amide bonds. The van der Waals surface area contributed by atoms with Crippen molar-refractivity contribution in [2.24, 2.45) is 0 Å². The molecule has 2 heterocycles. The summed E-state index contributed by atoms with van der Waals surface area (Å²) < 4.78 is 72.9. The van der Waals surface area contributed by atoms with Gasteiger partial charge in [-0.1, -0.05) is 42.5 Å². The average Bonchev–Trinajstić information content (AvgIpc) is 3.09. The van der Waals surface area contributed by atoms with E-state index in [9.17, 15) is 26.4 Å². The number of fused-ring (bicyclic) bond motifs is 2. The van der Waals surface area contributed by atoms with Gasteiger partial charge in [-0.05, 0) is 54.3 Å². The van der Waals surface area contributed by atoms with Gasteiger partial charge in [0.2, 0.25) is 10.0 Å². The summed E-state index contributed by atoms with van der Waals surface area (Å²) in [6.07, 6.45) is -3.43. The van der Waals surface area contributed by atoms with E-state index < -0.39 is 33.3 Å². The van der Waals surface area contributed by atoms with Gasteiger partial charge < -0.3 is 4.74 Å². The lowest BCUT2D eigenvalue weighted by Gasteiger charge is -2.38. The molecule has 1 saturated heterocycles. The first-order valence-corrected chi connectivity index (χ1v) is 12.1. The summed E-state index contributed by atoms with van der Waals surface area (Å²) >= 11 is 0. The standard InChI is InChI=1S/C25H20F3NO4S/c26-25(27,28)19-6-3-5-18(15-19)17-9-11-20(12-10-17)34(31,32)29-14-4-13-24(16-29)22-8-2-1-7-21(22)23(30)33-24/h1-3,5-12,15H,4,13-14,16H2. The maximum Gasteiger partial charge on any atom is 0.416 e. The lowest BCUT2D eigenvalue weighted by Crippen LogP contribution is -2.48. The zero-order valence-electron chi connectivity index (χ0n) is 17.9. The maximum atomic E-state index is 13.4. The molecular weight excluding hydrogens is 467 g/mol. The topological polar surface area (TPSA) is 63.7 Å². The largest absolute Gasteiger partial charge is 0.449 e. The molecule has 5 rings (SSSR count). The third-order valence-corrected chi connectivity index (χ3v) is 8.22. The fraction of sp³-hybridized carbons (Fsp3) is 0.240. The molecule has 176 valence electrons. The molecule has 5 nitrogen and oxygen atoms in total. The van der Waals surface area contributed by atoms with Crippen LogP contribution < -0.4 is 0 Å². The van der Waals surface area contributed by atoms with Crippen LogP contribution >= 0.6 is 0 Å². The summed E-state index contributed by atoms with van der Waals surface area (Å²) in [5.74, 6) is -0.458. The minimum absolute atomic E-state index is 0.00741. The number of carbonyl (C=O) groups excluding carboxylic acids is 1. The van der Waals surface area contributed by atoms with Crippen LogP contribution in [0.5, 0.6) is 0 Å². The molecule has 1 unspecified atom stereocenters. The Labute approximate surface area is 194 Å². The monoisotopic (exact) mass is 487 g/mol. The Morgan fingerprint density at radius 1 is 0.912 bits per heavy atom. The molecule has 0 bridgehead atoms. The van der Waals surface area contributed by atoms with Crippen LogP contribution in [-0.4, -0.2) is 31.8 Å². The summed E-state index contributed by atoms with van der Waals surface area (Å²) in [7, 11) is -3.91. The summed E-state index contributed by atoms with van der Waals surface area (Å²) in [4.78, 5) is 12.4. The second kappa shape index (κ2) is 7.95. The van der Waals surface area contributed by atoms with Crippen molar-refractivity contribution in [1.29, 1.82) is 0 Å². The Morgan fingerprint density at radius 2 is 1.65 bits per heavy atom. The number of ether oxygens (including phenoxy) is 1. The second-order valence-corrected chi connectivity index (χ2v) is 10.4. The maximum absolute atomic E-state index is 13.4. The molecule has 3 aromatic carbocycles. The molecule has 1 atom stereocenters. The second-order valence-electron chi connectivity index (χ2n) is 8.47. The number of sulfonamides is 1. The van der Waals surface area contributed by atoms with E-state index in [0.717, 1.165) is 12.1 Å². The Balaban J connectivity index is 1.42. The zero-order chi connectivity index (χ0) is 24.1. The molecular formula is C25H20F3NO4S. The van der Waals surface area contributed by atoms with Gasteiger partial charge in [-0.2, -0.15) is 17.5 Å². The molecule has 2 aliphatic rings. The van der Waals surface area contributed by atoms with E-state index in [2.05, 4.69) is 0 Å². The molecule has 34 heavy (non-hydrogen) atoms. The van der Waals surface area contributed by atoms with Crippen LogP contribution in [0.3, 0.4) is 0 Å². The summed E-state index contributed by atoms with van der Waals surface area (Å²) in [5.41, 5.74) is 0.166. The number of piperidine rings is 1. The lowest BCUT2D eigenvalue weighted by atomic mass is 9.86. The van der Waals surface area contributed by atoms with Gasteiger partial charge in [-0.15, -0.1) is 0 Å². The molecule has 0 N–H and O–H groups in total. The number of halogens is 3. The Hall–Kier alpha value is -3.17. The Kier molecular flexibility index (Phi) is 5.29. The fourth-order valence-corrected chi connectivity index (χ4v) is 6.21. The van der Waals surface area contributed by atoms with E-state index in [0.29, 0.717) is 35.1 Å². The first-order chi connectivity index (χ1) is 16.1. The van der Waals surface area contributed by atoms with E-state index in [-0.39, 0.29) is 18.0 Å². The molecule has 0 radical (unpaired) electrons. The van der Waals surface area contributed by atoms with Crippen molar-refractivity contribution in [2.45, 2.75) is 29.5 Å². The van der Waals surface area contributed by atoms with Crippen molar-refractivity contribution >= 4 is 16.0 Å². The number of esters is 1. The number of hydrogen-bond acceptors (Lipinski definition) is 4. The minimum atomic E-state index is -4.47. The first kappa shape index (κ1) is 22.6. The highest BCUT2D eigenvalue weighted by molar-refractivity contribution is 7.89. The third-order valence-electron chi connectivity index (χ3n) is 6.36. The van der Waals surface area contributed by atoms with Crippen molar-refractivity contribution < 1.29 is 31.1 Å². The van der Waals surface area contributed by atoms with Gasteiger partial charge in [0.25, 0.3) is 0 Å². The molecule has 9 heteroatoms. The molecule has 3 aromatic rings. The van der Waals surface area contributed by atoms with E-state index >= 15 is 0 Å². The predicted molar refractivity (Wildman–Crippen MR) is 118 cm³/mol. The lowest BCUT2D eigenvalue weighted by molar-refractivity contribution is -0.137. The molecule has 0 aromatic heterocycles. The minimum Gasteiger partial charge on any atom is -0.449 e. The number of hydrogen-bond donors (Lipinski definition) is 0. The molecule has 0 aliphatic carbocycles. The summed E-state index contributed by atoms with van der Waals surface area (Å²) in [6.45, 7) is 0.284. The van der Waals surface area contributed by atoms with Crippen molar-refractivity contribution in [3.8, 4) is 11.1 Å². The van der Waals surface area contributed by atoms with Crippen LogP contribution in [0.1, 0.15) is 34.3 Å². The van der Waals surface area contributed by atoms with Gasteiger partial charge in [0.1, 0.15) is 0 Å². The smallest absolute Gasteiger partial charge is 0.416 e. The van der Waals surface area contributed by atoms with Crippen LogP contribution in [0, 0.1) is 0 Å². The van der Waals surface area contributed by atoms with Gasteiger partial charge in [-0.3, -0.25) is 0 Å².